The molecule has 0 radical (unpaired) electrons. The molecule has 0 atom stereocenters. The van der Waals surface area contributed by atoms with Gasteiger partial charge in [0.25, 0.3) is 5.91 Å². The third-order valence-electron chi connectivity index (χ3n) is 4.14. The van der Waals surface area contributed by atoms with Gasteiger partial charge in [0, 0.05) is 17.1 Å². The Bertz CT molecular complexity index is 1000. The number of nitrogens with one attached hydrogen (secondary N) is 1. The Hall–Kier alpha value is -3.09. The molecule has 7 heteroatoms. The molecule has 0 aliphatic heterocycles. The summed E-state index contributed by atoms with van der Waals surface area (Å²) in [6.45, 7) is 3.48. The van der Waals surface area contributed by atoms with Crippen molar-refractivity contribution in [1.82, 2.24) is 10.3 Å². The molecule has 4 nitrogen and oxygen atoms in total. The smallest absolute Gasteiger partial charge is 0.406 e. The quantitative estimate of drug-likeness (QED) is 0.677. The largest absolute Gasteiger partial charge is 0.573 e. The van der Waals surface area contributed by atoms with Gasteiger partial charge in [0.05, 0.1) is 11.1 Å². The summed E-state index contributed by atoms with van der Waals surface area (Å²) in [6, 6.07) is 15.1. The number of fused-ring (bicyclic) bond motifs is 1. The van der Waals surface area contributed by atoms with Gasteiger partial charge in [-0.2, -0.15) is 0 Å². The summed E-state index contributed by atoms with van der Waals surface area (Å²) in [6.07, 6.45) is -3.14. The zero-order valence-corrected chi connectivity index (χ0v) is 15.4. The Balaban J connectivity index is 1.77. The van der Waals surface area contributed by atoms with Crippen LogP contribution in [-0.2, 0) is 6.42 Å². The average molecular weight is 388 g/mol. The normalized spacial score (nSPS) is 12.0. The number of ether oxygens (including phenoxy) is 1. The van der Waals surface area contributed by atoms with Crippen LogP contribution in [0.2, 0.25) is 0 Å². The molecule has 146 valence electrons. The molecule has 28 heavy (non-hydrogen) atoms. The first-order valence-electron chi connectivity index (χ1n) is 8.64. The van der Waals surface area contributed by atoms with Crippen molar-refractivity contribution in [3.8, 4) is 5.75 Å². The number of aromatic nitrogens is 1. The number of nitrogens with zero attached hydrogens (tertiary/aromatic N) is 1. The third kappa shape index (κ3) is 5.00. The van der Waals surface area contributed by atoms with Gasteiger partial charge in [-0.15, -0.1) is 13.2 Å². The van der Waals surface area contributed by atoms with Crippen molar-refractivity contribution in [2.75, 3.05) is 0 Å². The van der Waals surface area contributed by atoms with Crippen molar-refractivity contribution in [3.05, 3.63) is 71.9 Å². The zero-order valence-electron chi connectivity index (χ0n) is 15.4. The highest BCUT2D eigenvalue weighted by Gasteiger charge is 2.33. The summed E-state index contributed by atoms with van der Waals surface area (Å²) in [5.41, 5.74) is 0.693. The molecule has 0 aliphatic rings. The van der Waals surface area contributed by atoms with Crippen molar-refractivity contribution < 1.29 is 22.7 Å². The van der Waals surface area contributed by atoms with Crippen molar-refractivity contribution >= 4 is 16.8 Å². The van der Waals surface area contributed by atoms with E-state index in [1.165, 1.54) is 18.3 Å². The Morgan fingerprint density at radius 3 is 2.50 bits per heavy atom. The van der Waals surface area contributed by atoms with Crippen LogP contribution in [0, 0.1) is 0 Å². The summed E-state index contributed by atoms with van der Waals surface area (Å²) in [5.74, 6) is -0.623. The van der Waals surface area contributed by atoms with Crippen LogP contribution in [0.1, 0.15) is 29.8 Å². The topological polar surface area (TPSA) is 51.2 Å². The van der Waals surface area contributed by atoms with Crippen LogP contribution < -0.4 is 10.1 Å². The lowest BCUT2D eigenvalue weighted by molar-refractivity contribution is -0.274. The van der Waals surface area contributed by atoms with Crippen LogP contribution in [-0.4, -0.2) is 22.8 Å². The molecule has 0 bridgehead atoms. The monoisotopic (exact) mass is 388 g/mol. The summed E-state index contributed by atoms with van der Waals surface area (Å²) in [7, 11) is 0. The van der Waals surface area contributed by atoms with Gasteiger partial charge >= 0.3 is 6.36 Å². The highest BCUT2D eigenvalue weighted by atomic mass is 19.4. The molecule has 0 saturated carbocycles. The van der Waals surface area contributed by atoms with Crippen LogP contribution in [0.4, 0.5) is 13.2 Å². The number of halogens is 3. The molecule has 0 unspecified atom stereocenters. The number of carbonyl (C=O) groups is 1. The van der Waals surface area contributed by atoms with Crippen molar-refractivity contribution in [2.24, 2.45) is 0 Å². The summed E-state index contributed by atoms with van der Waals surface area (Å²) in [4.78, 5) is 16.9. The van der Waals surface area contributed by atoms with Crippen molar-refractivity contribution in [1.29, 1.82) is 0 Å². The van der Waals surface area contributed by atoms with E-state index in [0.717, 1.165) is 10.9 Å². The number of hydrogen-bond donors (Lipinski definition) is 1. The van der Waals surface area contributed by atoms with Crippen LogP contribution in [0.15, 0.2) is 60.8 Å². The van der Waals surface area contributed by atoms with E-state index >= 15 is 0 Å². The van der Waals surface area contributed by atoms with E-state index in [-0.39, 0.29) is 18.1 Å². The van der Waals surface area contributed by atoms with Gasteiger partial charge in [-0.3, -0.25) is 9.78 Å². The Kier molecular flexibility index (Phi) is 5.27. The van der Waals surface area contributed by atoms with Gasteiger partial charge in [0.15, 0.2) is 0 Å². The lowest BCUT2D eigenvalue weighted by atomic mass is 9.94. The highest BCUT2D eigenvalue weighted by molar-refractivity contribution is 5.97. The maximum atomic E-state index is 12.6. The lowest BCUT2D eigenvalue weighted by Crippen LogP contribution is -2.45. The van der Waals surface area contributed by atoms with Gasteiger partial charge in [-0.05, 0) is 44.0 Å². The fraction of sp³-hybridized carbons (Fsp3) is 0.238. The van der Waals surface area contributed by atoms with Crippen molar-refractivity contribution in [2.45, 2.75) is 32.2 Å². The van der Waals surface area contributed by atoms with E-state index in [1.54, 1.807) is 32.0 Å². The molecule has 3 aromatic rings. The van der Waals surface area contributed by atoms with E-state index in [9.17, 15) is 18.0 Å². The van der Waals surface area contributed by atoms with Crippen LogP contribution >= 0.6 is 0 Å². The first-order chi connectivity index (χ1) is 13.1. The lowest BCUT2D eigenvalue weighted by Gasteiger charge is -2.27. The van der Waals surface area contributed by atoms with E-state index in [2.05, 4.69) is 15.0 Å². The molecule has 0 spiro atoms. The predicted molar refractivity (Wildman–Crippen MR) is 100 cm³/mol. The highest BCUT2D eigenvalue weighted by Crippen LogP contribution is 2.29. The minimum atomic E-state index is -4.78. The molecule has 1 heterocycles. The van der Waals surface area contributed by atoms with Crippen molar-refractivity contribution in [3.63, 3.8) is 0 Å². The second-order valence-corrected chi connectivity index (χ2v) is 7.09. The second kappa shape index (κ2) is 7.50. The van der Waals surface area contributed by atoms with Crippen LogP contribution in [0.3, 0.4) is 0 Å². The molecule has 1 N–H and O–H groups in total. The number of benzene rings is 2. The molecule has 2 aromatic carbocycles. The average Bonchev–Trinajstić information content (AvgIpc) is 2.61. The van der Waals surface area contributed by atoms with Crippen LogP contribution in [0.25, 0.3) is 10.9 Å². The first kappa shape index (κ1) is 19.7. The standard InChI is InChI=1S/C21H19F3N2O2/c1-20(2,12-15-8-4-6-10-18(15)28-21(22,23)24)26-19(27)16-11-14-7-3-5-9-17(14)25-13-16/h3-11,13H,12H2,1-2H3,(H,26,27). The fourth-order valence-corrected chi connectivity index (χ4v) is 2.97. The fourth-order valence-electron chi connectivity index (χ4n) is 2.97. The van der Waals surface area contributed by atoms with Crippen LogP contribution in [0.5, 0.6) is 5.75 Å². The minimum Gasteiger partial charge on any atom is -0.406 e. The molecule has 0 fully saturated rings. The Morgan fingerprint density at radius 2 is 1.75 bits per heavy atom. The SMILES string of the molecule is CC(C)(Cc1ccccc1OC(F)(F)F)NC(=O)c1cnc2ccccc2c1. The zero-order chi connectivity index (χ0) is 20.4. The number of carbonyl (C=O) groups excluding carboxylic acids is 1. The van der Waals surface area contributed by atoms with Gasteiger partial charge in [-0.25, -0.2) is 0 Å². The molecular formula is C21H19F3N2O2. The molecular weight excluding hydrogens is 369 g/mol. The Morgan fingerprint density at radius 1 is 1.07 bits per heavy atom. The number of alkyl halides is 3. The number of rotatable bonds is 5. The van der Waals surface area contributed by atoms with Gasteiger partial charge in [0.1, 0.15) is 5.75 Å². The molecule has 0 aliphatic carbocycles. The number of hydrogen-bond acceptors (Lipinski definition) is 3. The van der Waals surface area contributed by atoms with E-state index in [1.807, 2.05) is 24.3 Å². The summed E-state index contributed by atoms with van der Waals surface area (Å²) < 4.78 is 41.9. The van der Waals surface area contributed by atoms with Gasteiger partial charge in [0.2, 0.25) is 0 Å². The minimum absolute atomic E-state index is 0.159. The number of pyridine rings is 1. The van der Waals surface area contributed by atoms with E-state index in [4.69, 9.17) is 0 Å². The molecule has 1 amide bonds. The first-order valence-corrected chi connectivity index (χ1v) is 8.64. The molecule has 1 aromatic heterocycles. The maximum Gasteiger partial charge on any atom is 0.573 e. The number of amides is 1. The summed E-state index contributed by atoms with van der Waals surface area (Å²) >= 11 is 0. The third-order valence-corrected chi connectivity index (χ3v) is 4.14. The van der Waals surface area contributed by atoms with Gasteiger partial charge < -0.3 is 10.1 Å². The van der Waals surface area contributed by atoms with E-state index < -0.39 is 11.9 Å². The van der Waals surface area contributed by atoms with E-state index in [0.29, 0.717) is 11.1 Å². The predicted octanol–water partition coefficient (Wildman–Crippen LogP) is 4.88. The number of para-hydroxylation sites is 2. The maximum absolute atomic E-state index is 12.6. The van der Waals surface area contributed by atoms with Gasteiger partial charge in [-0.1, -0.05) is 36.4 Å². The molecule has 3 rings (SSSR count). The second-order valence-electron chi connectivity index (χ2n) is 7.09. The molecule has 0 saturated heterocycles. The summed E-state index contributed by atoms with van der Waals surface area (Å²) in [5, 5.41) is 3.69. The Labute approximate surface area is 160 Å².